The molecular formula is C18H22BClN2O4. The lowest BCUT2D eigenvalue weighted by molar-refractivity contribution is 0.00578. The molecule has 0 spiro atoms. The van der Waals surface area contributed by atoms with Crippen LogP contribution in [0.25, 0.3) is 0 Å². The number of hydrogen-bond donors (Lipinski definition) is 2. The van der Waals surface area contributed by atoms with Crippen LogP contribution in [-0.2, 0) is 9.31 Å². The average molecular weight is 377 g/mol. The van der Waals surface area contributed by atoms with Crippen LogP contribution < -0.4 is 11.2 Å². The Balaban J connectivity index is 0.000000254. The number of anilines is 1. The number of nitrogen functional groups attached to an aromatic ring is 1. The number of aromatic carboxylic acids is 1. The molecular weight excluding hydrogens is 354 g/mol. The number of rotatable bonds is 2. The fourth-order valence-electron chi connectivity index (χ4n) is 2.15. The standard InChI is InChI=1S/C13H17BO4.C5H5ClN2/c1-12(2)13(3,4)18-14(17-12)10-7-5-9(6-8-10)11(15)16;6-4-1-2-5(7)8-3-4/h5-8H,1-4H3,(H,15,16);1-3H,(H2,7,8). The summed E-state index contributed by atoms with van der Waals surface area (Å²) in [5, 5.41) is 9.46. The van der Waals surface area contributed by atoms with Gasteiger partial charge in [0.15, 0.2) is 0 Å². The Kier molecular flexibility index (Phi) is 5.96. The maximum Gasteiger partial charge on any atom is 0.494 e. The fraction of sp³-hybridized carbons (Fsp3) is 0.333. The van der Waals surface area contributed by atoms with Crippen molar-refractivity contribution in [1.29, 1.82) is 0 Å². The highest BCUT2D eigenvalue weighted by Crippen LogP contribution is 2.36. The molecule has 1 aromatic heterocycles. The molecule has 8 heteroatoms. The van der Waals surface area contributed by atoms with Crippen LogP contribution in [0.15, 0.2) is 42.6 Å². The molecule has 1 aliphatic rings. The van der Waals surface area contributed by atoms with E-state index < -0.39 is 13.1 Å². The summed E-state index contributed by atoms with van der Waals surface area (Å²) in [6.07, 6.45) is 1.51. The first-order valence-corrected chi connectivity index (χ1v) is 8.45. The lowest BCUT2D eigenvalue weighted by Crippen LogP contribution is -2.41. The first kappa shape index (κ1) is 20.2. The molecule has 1 fully saturated rings. The molecule has 1 saturated heterocycles. The van der Waals surface area contributed by atoms with Crippen LogP contribution in [0.1, 0.15) is 38.1 Å². The van der Waals surface area contributed by atoms with Crippen LogP contribution in [0.5, 0.6) is 0 Å². The molecule has 0 saturated carbocycles. The van der Waals surface area contributed by atoms with E-state index >= 15 is 0 Å². The van der Waals surface area contributed by atoms with E-state index in [-0.39, 0.29) is 16.8 Å². The Labute approximate surface area is 158 Å². The van der Waals surface area contributed by atoms with Crippen molar-refractivity contribution in [3.05, 3.63) is 53.2 Å². The highest BCUT2D eigenvalue weighted by atomic mass is 35.5. The third kappa shape index (κ3) is 4.75. The van der Waals surface area contributed by atoms with E-state index in [0.29, 0.717) is 10.8 Å². The van der Waals surface area contributed by atoms with Crippen molar-refractivity contribution in [3.63, 3.8) is 0 Å². The van der Waals surface area contributed by atoms with Gasteiger partial charge in [-0.1, -0.05) is 23.7 Å². The Bertz CT molecular complexity index is 727. The van der Waals surface area contributed by atoms with Gasteiger partial charge in [-0.05, 0) is 57.4 Å². The van der Waals surface area contributed by atoms with Crippen LogP contribution in [0.2, 0.25) is 5.02 Å². The third-order valence-corrected chi connectivity index (χ3v) is 4.66. The summed E-state index contributed by atoms with van der Waals surface area (Å²) >= 11 is 5.49. The number of pyridine rings is 1. The molecule has 6 nitrogen and oxygen atoms in total. The van der Waals surface area contributed by atoms with E-state index in [1.54, 1.807) is 36.4 Å². The monoisotopic (exact) mass is 376 g/mol. The second kappa shape index (κ2) is 7.66. The predicted molar refractivity (Wildman–Crippen MR) is 103 cm³/mol. The number of aromatic nitrogens is 1. The van der Waals surface area contributed by atoms with Crippen molar-refractivity contribution in [2.24, 2.45) is 0 Å². The quantitative estimate of drug-likeness (QED) is 0.782. The predicted octanol–water partition coefficient (Wildman–Crippen LogP) is 3.00. The lowest BCUT2D eigenvalue weighted by Gasteiger charge is -2.32. The number of carbonyl (C=O) groups is 1. The molecule has 0 atom stereocenters. The first-order valence-electron chi connectivity index (χ1n) is 8.08. The summed E-state index contributed by atoms with van der Waals surface area (Å²) in [5.41, 5.74) is 5.58. The minimum absolute atomic E-state index is 0.260. The number of nitrogens with zero attached hydrogens (tertiary/aromatic N) is 1. The normalized spacial score (nSPS) is 17.3. The molecule has 138 valence electrons. The number of carboxylic acids is 1. The number of hydrogen-bond acceptors (Lipinski definition) is 5. The summed E-state index contributed by atoms with van der Waals surface area (Å²) in [6, 6.07) is 9.93. The zero-order valence-electron chi connectivity index (χ0n) is 15.2. The smallest absolute Gasteiger partial charge is 0.478 e. The van der Waals surface area contributed by atoms with Crippen LogP contribution >= 0.6 is 11.6 Å². The Hall–Kier alpha value is -2.09. The summed E-state index contributed by atoms with van der Waals surface area (Å²) in [6.45, 7) is 7.94. The molecule has 26 heavy (non-hydrogen) atoms. The molecule has 1 aromatic carbocycles. The van der Waals surface area contributed by atoms with Gasteiger partial charge in [0.1, 0.15) is 5.82 Å². The zero-order chi connectivity index (χ0) is 19.5. The number of carboxylic acid groups (broad SMARTS) is 1. The molecule has 2 aromatic rings. The van der Waals surface area contributed by atoms with Gasteiger partial charge in [-0.2, -0.15) is 0 Å². The van der Waals surface area contributed by atoms with Gasteiger partial charge in [-0.3, -0.25) is 0 Å². The third-order valence-electron chi connectivity index (χ3n) is 4.43. The Morgan fingerprint density at radius 2 is 1.62 bits per heavy atom. The zero-order valence-corrected chi connectivity index (χ0v) is 15.9. The van der Waals surface area contributed by atoms with E-state index in [4.69, 9.17) is 31.7 Å². The maximum atomic E-state index is 10.8. The van der Waals surface area contributed by atoms with Gasteiger partial charge >= 0.3 is 13.1 Å². The van der Waals surface area contributed by atoms with E-state index in [2.05, 4.69) is 4.98 Å². The molecule has 0 unspecified atom stereocenters. The van der Waals surface area contributed by atoms with Crippen molar-refractivity contribution < 1.29 is 19.2 Å². The molecule has 0 aliphatic carbocycles. The summed E-state index contributed by atoms with van der Waals surface area (Å²) in [4.78, 5) is 14.5. The summed E-state index contributed by atoms with van der Waals surface area (Å²) in [7, 11) is -0.446. The molecule has 3 rings (SSSR count). The molecule has 0 amide bonds. The highest BCUT2D eigenvalue weighted by molar-refractivity contribution is 6.62. The van der Waals surface area contributed by atoms with Gasteiger partial charge in [0.25, 0.3) is 0 Å². The van der Waals surface area contributed by atoms with E-state index in [1.165, 1.54) is 6.20 Å². The van der Waals surface area contributed by atoms with Gasteiger partial charge in [0.05, 0.1) is 21.8 Å². The van der Waals surface area contributed by atoms with Crippen LogP contribution in [0.3, 0.4) is 0 Å². The van der Waals surface area contributed by atoms with Crippen LogP contribution in [0.4, 0.5) is 5.82 Å². The van der Waals surface area contributed by atoms with Crippen molar-refractivity contribution in [3.8, 4) is 0 Å². The average Bonchev–Trinajstić information content (AvgIpc) is 2.79. The first-order chi connectivity index (χ1) is 12.0. The fourth-order valence-corrected chi connectivity index (χ4v) is 2.26. The molecule has 1 aliphatic heterocycles. The van der Waals surface area contributed by atoms with E-state index in [9.17, 15) is 4.79 Å². The minimum Gasteiger partial charge on any atom is -0.478 e. The number of benzene rings is 1. The summed E-state index contributed by atoms with van der Waals surface area (Å²) < 4.78 is 11.8. The van der Waals surface area contributed by atoms with Crippen LogP contribution in [0, 0.1) is 0 Å². The van der Waals surface area contributed by atoms with Gasteiger partial charge in [-0.15, -0.1) is 0 Å². The van der Waals surface area contributed by atoms with Crippen LogP contribution in [-0.4, -0.2) is 34.4 Å². The largest absolute Gasteiger partial charge is 0.494 e. The second-order valence-electron chi connectivity index (χ2n) is 6.92. The van der Waals surface area contributed by atoms with Crippen molar-refractivity contribution in [2.75, 3.05) is 5.73 Å². The van der Waals surface area contributed by atoms with Gasteiger partial charge in [0.2, 0.25) is 0 Å². The number of halogens is 1. The van der Waals surface area contributed by atoms with Gasteiger partial charge < -0.3 is 20.1 Å². The highest BCUT2D eigenvalue weighted by Gasteiger charge is 2.51. The van der Waals surface area contributed by atoms with Crippen molar-refractivity contribution >= 4 is 36.0 Å². The van der Waals surface area contributed by atoms with Crippen molar-refractivity contribution in [2.45, 2.75) is 38.9 Å². The topological polar surface area (TPSA) is 94.7 Å². The summed E-state index contributed by atoms with van der Waals surface area (Å²) in [5.74, 6) is -0.440. The Morgan fingerprint density at radius 3 is 2.00 bits per heavy atom. The Morgan fingerprint density at radius 1 is 1.08 bits per heavy atom. The lowest BCUT2D eigenvalue weighted by atomic mass is 9.79. The molecule has 0 radical (unpaired) electrons. The SMILES string of the molecule is CC1(C)OB(c2ccc(C(=O)O)cc2)OC1(C)C.Nc1ccc(Cl)cn1. The number of nitrogens with two attached hydrogens (primary N) is 1. The minimum atomic E-state index is -0.935. The van der Waals surface area contributed by atoms with Gasteiger partial charge in [0, 0.05) is 6.20 Å². The van der Waals surface area contributed by atoms with E-state index in [1.807, 2.05) is 27.7 Å². The molecule has 0 bridgehead atoms. The van der Waals surface area contributed by atoms with Crippen molar-refractivity contribution in [1.82, 2.24) is 4.98 Å². The van der Waals surface area contributed by atoms with Gasteiger partial charge in [-0.25, -0.2) is 9.78 Å². The molecule has 3 N–H and O–H groups in total. The maximum absolute atomic E-state index is 10.8. The van der Waals surface area contributed by atoms with E-state index in [0.717, 1.165) is 5.46 Å². The second-order valence-corrected chi connectivity index (χ2v) is 7.35. The molecule has 2 heterocycles.